The highest BCUT2D eigenvalue weighted by atomic mass is 19.1. The van der Waals surface area contributed by atoms with Crippen molar-refractivity contribution in [2.75, 3.05) is 13.1 Å². The fraction of sp³-hybridized carbons (Fsp3) is 0.474. The summed E-state index contributed by atoms with van der Waals surface area (Å²) in [6.45, 7) is 1.43. The highest BCUT2D eigenvalue weighted by molar-refractivity contribution is 6.23. The third kappa shape index (κ3) is 3.31. The normalized spacial score (nSPS) is 27.8. The molecular weight excluding hydrogens is 367 g/mol. The molecule has 2 saturated heterocycles. The minimum atomic E-state index is -0.978. The first kappa shape index (κ1) is 18.7. The van der Waals surface area contributed by atoms with Crippen LogP contribution in [-0.2, 0) is 16.1 Å². The number of carbonyl (C=O) groups excluding carboxylic acids is 4. The van der Waals surface area contributed by atoms with Crippen LogP contribution in [0.1, 0.15) is 45.5 Å². The van der Waals surface area contributed by atoms with Crippen molar-refractivity contribution in [1.29, 1.82) is 0 Å². The topological polar surface area (TPSA) is 108 Å². The zero-order chi connectivity index (χ0) is 19.8. The van der Waals surface area contributed by atoms with Crippen LogP contribution in [0.5, 0.6) is 0 Å². The van der Waals surface area contributed by atoms with Crippen molar-refractivity contribution in [3.8, 4) is 0 Å². The molecule has 3 heterocycles. The van der Waals surface area contributed by atoms with E-state index in [9.17, 15) is 23.6 Å². The number of hydrogen-bond donors (Lipinski definition) is 3. The fourth-order valence-corrected chi connectivity index (χ4v) is 3.93. The Labute approximate surface area is 160 Å². The Balaban J connectivity index is 1.49. The molecule has 4 amide bonds. The summed E-state index contributed by atoms with van der Waals surface area (Å²) in [6, 6.07) is 3.66. The summed E-state index contributed by atoms with van der Waals surface area (Å²) in [5.74, 6) is -2.11. The van der Waals surface area contributed by atoms with Crippen molar-refractivity contribution < 1.29 is 23.6 Å². The first-order valence-electron chi connectivity index (χ1n) is 9.38. The molecule has 1 unspecified atom stereocenters. The van der Waals surface area contributed by atoms with Gasteiger partial charge in [0.05, 0.1) is 11.1 Å². The van der Waals surface area contributed by atoms with E-state index in [-0.39, 0.29) is 30.0 Å². The van der Waals surface area contributed by atoms with E-state index in [4.69, 9.17) is 0 Å². The molecule has 1 aromatic carbocycles. The number of halogens is 1. The van der Waals surface area contributed by atoms with Gasteiger partial charge in [-0.3, -0.25) is 29.4 Å². The third-order valence-corrected chi connectivity index (χ3v) is 5.48. The molecular formula is C19H21FN4O4. The number of piperidine rings is 2. The SMILES string of the molecule is O=C1CCC(N2C(=O)c3ccc(CN[C@@H]4CCNC[C@H]4F)cc3C2=O)C(=O)N1. The molecule has 8 nitrogen and oxygen atoms in total. The lowest BCUT2D eigenvalue weighted by molar-refractivity contribution is -0.136. The van der Waals surface area contributed by atoms with E-state index in [1.54, 1.807) is 18.2 Å². The molecule has 0 radical (unpaired) electrons. The van der Waals surface area contributed by atoms with E-state index in [1.165, 1.54) is 0 Å². The molecule has 1 aromatic rings. The van der Waals surface area contributed by atoms with Gasteiger partial charge in [-0.05, 0) is 37.1 Å². The average Bonchev–Trinajstić information content (AvgIpc) is 2.92. The minimum Gasteiger partial charge on any atom is -0.314 e. The largest absolute Gasteiger partial charge is 0.314 e. The van der Waals surface area contributed by atoms with E-state index in [2.05, 4.69) is 16.0 Å². The van der Waals surface area contributed by atoms with Gasteiger partial charge in [0.25, 0.3) is 11.8 Å². The number of carbonyl (C=O) groups is 4. The highest BCUT2D eigenvalue weighted by Gasteiger charge is 2.44. The van der Waals surface area contributed by atoms with Crippen molar-refractivity contribution in [2.24, 2.45) is 0 Å². The van der Waals surface area contributed by atoms with Gasteiger partial charge in [0, 0.05) is 25.6 Å². The number of fused-ring (bicyclic) bond motifs is 1. The summed E-state index contributed by atoms with van der Waals surface area (Å²) < 4.78 is 13.9. The zero-order valence-electron chi connectivity index (χ0n) is 15.2. The number of hydrogen-bond acceptors (Lipinski definition) is 6. The fourth-order valence-electron chi connectivity index (χ4n) is 3.93. The van der Waals surface area contributed by atoms with Crippen LogP contribution in [-0.4, -0.2) is 59.9 Å². The standard InChI is InChI=1S/C19H21FN4O4/c20-13-9-21-6-5-14(13)22-8-10-1-2-11-12(7-10)19(28)24(18(11)27)15-3-4-16(25)23-17(15)26/h1-2,7,13-15,21-22H,3-6,8-9H2,(H,23,25,26)/t13-,14-,15?/m1/s1. The summed E-state index contributed by atoms with van der Waals surface area (Å²) >= 11 is 0. The number of alkyl halides is 1. The summed E-state index contributed by atoms with van der Waals surface area (Å²) in [6.07, 6.45) is -0.0979. The van der Waals surface area contributed by atoms with E-state index < -0.39 is 35.8 Å². The molecule has 0 aliphatic carbocycles. The Morgan fingerprint density at radius 2 is 1.89 bits per heavy atom. The molecule has 148 valence electrons. The highest BCUT2D eigenvalue weighted by Crippen LogP contribution is 2.28. The van der Waals surface area contributed by atoms with Crippen LogP contribution in [0.3, 0.4) is 0 Å². The van der Waals surface area contributed by atoms with Gasteiger partial charge in [0.1, 0.15) is 12.2 Å². The smallest absolute Gasteiger partial charge is 0.262 e. The first-order valence-corrected chi connectivity index (χ1v) is 9.38. The third-order valence-electron chi connectivity index (χ3n) is 5.48. The van der Waals surface area contributed by atoms with Crippen molar-refractivity contribution >= 4 is 23.6 Å². The number of benzene rings is 1. The molecule has 3 aliphatic heterocycles. The average molecular weight is 388 g/mol. The molecule has 3 N–H and O–H groups in total. The maximum absolute atomic E-state index is 13.9. The molecule has 0 aromatic heterocycles. The predicted molar refractivity (Wildman–Crippen MR) is 96.1 cm³/mol. The second-order valence-corrected chi connectivity index (χ2v) is 7.32. The van der Waals surface area contributed by atoms with Gasteiger partial charge in [-0.2, -0.15) is 0 Å². The maximum Gasteiger partial charge on any atom is 0.262 e. The Morgan fingerprint density at radius 3 is 2.64 bits per heavy atom. The summed E-state index contributed by atoms with van der Waals surface area (Å²) in [7, 11) is 0. The summed E-state index contributed by atoms with van der Waals surface area (Å²) in [4.78, 5) is 49.8. The zero-order valence-corrected chi connectivity index (χ0v) is 15.2. The number of nitrogens with zero attached hydrogens (tertiary/aromatic N) is 1. The van der Waals surface area contributed by atoms with E-state index >= 15 is 0 Å². The lowest BCUT2D eigenvalue weighted by atomic mass is 10.0. The quantitative estimate of drug-likeness (QED) is 0.621. The molecule has 0 saturated carbocycles. The molecule has 3 atom stereocenters. The number of amides is 4. The Kier molecular flexibility index (Phi) is 4.94. The van der Waals surface area contributed by atoms with E-state index in [0.717, 1.165) is 17.0 Å². The summed E-state index contributed by atoms with van der Waals surface area (Å²) in [5, 5.41) is 8.33. The molecule has 0 bridgehead atoms. The summed E-state index contributed by atoms with van der Waals surface area (Å²) in [5.41, 5.74) is 1.23. The predicted octanol–water partition coefficient (Wildman–Crippen LogP) is -0.123. The van der Waals surface area contributed by atoms with Crippen molar-refractivity contribution in [3.05, 3.63) is 34.9 Å². The van der Waals surface area contributed by atoms with Crippen molar-refractivity contribution in [1.82, 2.24) is 20.9 Å². The van der Waals surface area contributed by atoms with Gasteiger partial charge in [0.15, 0.2) is 0 Å². The van der Waals surface area contributed by atoms with Gasteiger partial charge in [-0.15, -0.1) is 0 Å². The molecule has 9 heteroatoms. The van der Waals surface area contributed by atoms with Gasteiger partial charge < -0.3 is 10.6 Å². The second-order valence-electron chi connectivity index (χ2n) is 7.32. The number of nitrogens with one attached hydrogen (secondary N) is 3. The number of imide groups is 2. The van der Waals surface area contributed by atoms with Crippen LogP contribution in [0.15, 0.2) is 18.2 Å². The van der Waals surface area contributed by atoms with E-state index in [1.807, 2.05) is 0 Å². The lowest BCUT2D eigenvalue weighted by Crippen LogP contribution is -2.54. The second kappa shape index (κ2) is 7.40. The molecule has 2 fully saturated rings. The van der Waals surface area contributed by atoms with Crippen LogP contribution in [0, 0.1) is 0 Å². The lowest BCUT2D eigenvalue weighted by Gasteiger charge is -2.27. The number of rotatable bonds is 4. The molecule has 3 aliphatic rings. The van der Waals surface area contributed by atoms with Gasteiger partial charge in [-0.25, -0.2) is 4.39 Å². The van der Waals surface area contributed by atoms with E-state index in [0.29, 0.717) is 19.5 Å². The minimum absolute atomic E-state index is 0.0830. The van der Waals surface area contributed by atoms with Gasteiger partial charge in [0.2, 0.25) is 11.8 Å². The molecule has 28 heavy (non-hydrogen) atoms. The Morgan fingerprint density at radius 1 is 1.11 bits per heavy atom. The van der Waals surface area contributed by atoms with Crippen LogP contribution in [0.2, 0.25) is 0 Å². The Hall–Kier alpha value is -2.65. The van der Waals surface area contributed by atoms with Gasteiger partial charge >= 0.3 is 0 Å². The van der Waals surface area contributed by atoms with Crippen LogP contribution >= 0.6 is 0 Å². The van der Waals surface area contributed by atoms with Crippen LogP contribution in [0.4, 0.5) is 4.39 Å². The molecule has 4 rings (SSSR count). The van der Waals surface area contributed by atoms with Crippen LogP contribution < -0.4 is 16.0 Å². The maximum atomic E-state index is 13.9. The first-order chi connectivity index (χ1) is 13.5. The van der Waals surface area contributed by atoms with Crippen molar-refractivity contribution in [2.45, 2.75) is 44.1 Å². The van der Waals surface area contributed by atoms with Crippen LogP contribution in [0.25, 0.3) is 0 Å². The van der Waals surface area contributed by atoms with Crippen molar-refractivity contribution in [3.63, 3.8) is 0 Å². The van der Waals surface area contributed by atoms with Gasteiger partial charge in [-0.1, -0.05) is 6.07 Å². The molecule has 0 spiro atoms. The monoisotopic (exact) mass is 388 g/mol. The Bertz CT molecular complexity index is 858.